The van der Waals surface area contributed by atoms with Gasteiger partial charge in [-0.25, -0.2) is 4.79 Å². The van der Waals surface area contributed by atoms with Gasteiger partial charge in [-0.2, -0.15) is 0 Å². The molecule has 3 aromatic carbocycles. The van der Waals surface area contributed by atoms with E-state index in [0.29, 0.717) is 44.5 Å². The van der Waals surface area contributed by atoms with Crippen molar-refractivity contribution >= 4 is 39.3 Å². The van der Waals surface area contributed by atoms with Crippen molar-refractivity contribution in [2.24, 2.45) is 0 Å². The van der Waals surface area contributed by atoms with Crippen LogP contribution < -0.4 is 20.5 Å². The van der Waals surface area contributed by atoms with Crippen LogP contribution >= 0.6 is 27.5 Å². The number of rotatable bonds is 7. The third-order valence-electron chi connectivity index (χ3n) is 7.14. The maximum atomic E-state index is 13.9. The molecule has 4 aromatic rings. The van der Waals surface area contributed by atoms with Crippen LogP contribution in [0.25, 0.3) is 5.69 Å². The first-order chi connectivity index (χ1) is 19.7. The predicted molar refractivity (Wildman–Crippen MR) is 159 cm³/mol. The van der Waals surface area contributed by atoms with Crippen molar-refractivity contribution in [1.29, 1.82) is 0 Å². The van der Waals surface area contributed by atoms with E-state index in [9.17, 15) is 14.4 Å². The van der Waals surface area contributed by atoms with Crippen molar-refractivity contribution in [3.05, 3.63) is 109 Å². The summed E-state index contributed by atoms with van der Waals surface area (Å²) < 4.78 is 14.2. The molecule has 0 saturated heterocycles. The Bertz CT molecular complexity index is 1660. The lowest BCUT2D eigenvalue weighted by molar-refractivity contribution is 0.0706. The molecule has 41 heavy (non-hydrogen) atoms. The zero-order valence-corrected chi connectivity index (χ0v) is 25.0. The fourth-order valence-electron chi connectivity index (χ4n) is 4.89. The summed E-state index contributed by atoms with van der Waals surface area (Å²) in [5.41, 5.74) is 2.07. The lowest BCUT2D eigenvalue weighted by atomic mass is 10.1. The molecule has 1 aliphatic heterocycles. The second-order valence-corrected chi connectivity index (χ2v) is 10.8. The van der Waals surface area contributed by atoms with Gasteiger partial charge in [-0.05, 0) is 83.0 Å². The van der Waals surface area contributed by atoms with Crippen LogP contribution in [0.1, 0.15) is 45.1 Å². The number of carbonyl (C=O) groups is 2. The fourth-order valence-corrected chi connectivity index (χ4v) is 5.32. The van der Waals surface area contributed by atoms with E-state index in [1.807, 2.05) is 31.2 Å². The zero-order valence-electron chi connectivity index (χ0n) is 22.7. The number of amides is 2. The molecule has 1 atom stereocenters. The summed E-state index contributed by atoms with van der Waals surface area (Å²) in [6.07, 6.45) is 0. The summed E-state index contributed by atoms with van der Waals surface area (Å²) in [4.78, 5) is 42.7. The Hall–Kier alpha value is -4.02. The predicted octanol–water partition coefficient (Wildman–Crippen LogP) is 5.22. The molecular weight excluding hydrogens is 612 g/mol. The molecule has 1 aliphatic rings. The van der Waals surface area contributed by atoms with Gasteiger partial charge in [0.15, 0.2) is 0 Å². The van der Waals surface area contributed by atoms with Gasteiger partial charge in [-0.1, -0.05) is 23.7 Å². The van der Waals surface area contributed by atoms with Crippen molar-refractivity contribution in [2.75, 3.05) is 20.8 Å². The Kier molecular flexibility index (Phi) is 8.23. The molecule has 1 aromatic heterocycles. The molecule has 0 aliphatic carbocycles. The summed E-state index contributed by atoms with van der Waals surface area (Å²) in [5.74, 6) is 0.651. The van der Waals surface area contributed by atoms with E-state index in [1.165, 1.54) is 4.57 Å². The van der Waals surface area contributed by atoms with Gasteiger partial charge in [0.1, 0.15) is 17.2 Å². The molecule has 1 N–H and O–H groups in total. The van der Waals surface area contributed by atoms with Crippen LogP contribution in [-0.2, 0) is 13.1 Å². The topological polar surface area (TPSA) is 94.8 Å². The largest absolute Gasteiger partial charge is 0.497 e. The third kappa shape index (κ3) is 5.62. The van der Waals surface area contributed by atoms with Gasteiger partial charge in [-0.3, -0.25) is 18.7 Å². The van der Waals surface area contributed by atoms with Crippen LogP contribution in [0.4, 0.5) is 0 Å². The van der Waals surface area contributed by atoms with Gasteiger partial charge in [0.05, 0.1) is 43.2 Å². The summed E-state index contributed by atoms with van der Waals surface area (Å²) in [6.45, 7) is 2.48. The number of aromatic nitrogens is 2. The summed E-state index contributed by atoms with van der Waals surface area (Å²) in [7, 11) is 3.15. The number of nitrogens with zero attached hydrogens (tertiary/aromatic N) is 3. The number of methoxy groups -OCH3 is 2. The van der Waals surface area contributed by atoms with Gasteiger partial charge in [0.2, 0.25) is 0 Å². The third-order valence-corrected chi connectivity index (χ3v) is 8.37. The van der Waals surface area contributed by atoms with Gasteiger partial charge < -0.3 is 19.7 Å². The molecular formula is C30H28BrClN4O5. The quantitative estimate of drug-likeness (QED) is 0.299. The van der Waals surface area contributed by atoms with Crippen molar-refractivity contribution < 1.29 is 19.1 Å². The highest BCUT2D eigenvalue weighted by atomic mass is 79.9. The van der Waals surface area contributed by atoms with Crippen molar-refractivity contribution in [1.82, 2.24) is 19.4 Å². The van der Waals surface area contributed by atoms with E-state index in [0.717, 1.165) is 5.56 Å². The number of ether oxygens (including phenoxy) is 2. The molecule has 2 heterocycles. The summed E-state index contributed by atoms with van der Waals surface area (Å²) in [5, 5.41) is 3.45. The minimum Gasteiger partial charge on any atom is -0.497 e. The van der Waals surface area contributed by atoms with Crippen LogP contribution in [0, 0.1) is 0 Å². The van der Waals surface area contributed by atoms with Gasteiger partial charge in [0, 0.05) is 23.1 Å². The van der Waals surface area contributed by atoms with Gasteiger partial charge in [0.25, 0.3) is 11.8 Å². The second kappa shape index (κ2) is 11.8. The number of fused-ring (bicyclic) bond motifs is 1. The molecule has 0 saturated carbocycles. The number of nitrogens with one attached hydrogen (secondary N) is 1. The minimum atomic E-state index is -0.434. The average molecular weight is 640 g/mol. The van der Waals surface area contributed by atoms with Gasteiger partial charge >= 0.3 is 5.69 Å². The van der Waals surface area contributed by atoms with E-state index < -0.39 is 5.91 Å². The second-order valence-electron chi connectivity index (χ2n) is 9.59. The van der Waals surface area contributed by atoms with E-state index in [1.54, 1.807) is 66.2 Å². The smallest absolute Gasteiger partial charge is 0.333 e. The fraction of sp³-hybridized carbons (Fsp3) is 0.233. The number of benzene rings is 3. The van der Waals surface area contributed by atoms with E-state index in [-0.39, 0.29) is 36.4 Å². The Balaban J connectivity index is 1.54. The first kappa shape index (κ1) is 28.5. The van der Waals surface area contributed by atoms with Crippen molar-refractivity contribution in [2.45, 2.75) is 26.1 Å². The summed E-state index contributed by atoms with van der Waals surface area (Å²) >= 11 is 9.59. The summed E-state index contributed by atoms with van der Waals surface area (Å²) in [6, 6.07) is 18.9. The number of halogens is 2. The lowest BCUT2D eigenvalue weighted by Gasteiger charge is -2.28. The van der Waals surface area contributed by atoms with Crippen LogP contribution in [0.5, 0.6) is 11.5 Å². The molecule has 11 heteroatoms. The Morgan fingerprint density at radius 2 is 1.59 bits per heavy atom. The molecule has 0 spiro atoms. The highest BCUT2D eigenvalue weighted by molar-refractivity contribution is 9.10. The van der Waals surface area contributed by atoms with E-state index >= 15 is 0 Å². The maximum Gasteiger partial charge on any atom is 0.333 e. The molecule has 9 nitrogen and oxygen atoms in total. The normalized spacial score (nSPS) is 13.3. The Morgan fingerprint density at radius 3 is 2.20 bits per heavy atom. The molecule has 212 valence electrons. The molecule has 2 amide bonds. The average Bonchev–Trinajstić information content (AvgIpc) is 3.29. The van der Waals surface area contributed by atoms with Gasteiger partial charge in [-0.15, -0.1) is 0 Å². The maximum absolute atomic E-state index is 13.9. The SMILES string of the molecule is COc1ccc(C(C)NC(=O)c2c3n(c(=O)n2-c2ccc(OC)cc2)CCN(C(=O)c2ccc(Br)c(Cl)c2)C3)cc1. The molecule has 0 fully saturated rings. The first-order valence-corrected chi connectivity index (χ1v) is 14.1. The van der Waals surface area contributed by atoms with Crippen LogP contribution in [0.2, 0.25) is 5.02 Å². The lowest BCUT2D eigenvalue weighted by Crippen LogP contribution is -2.41. The monoisotopic (exact) mass is 638 g/mol. The molecule has 1 unspecified atom stereocenters. The van der Waals surface area contributed by atoms with Crippen molar-refractivity contribution in [3.8, 4) is 17.2 Å². The number of imidazole rings is 1. The molecule has 5 rings (SSSR count). The first-order valence-electron chi connectivity index (χ1n) is 12.9. The highest BCUT2D eigenvalue weighted by Crippen LogP contribution is 2.27. The number of hydrogen-bond donors (Lipinski definition) is 1. The molecule has 0 bridgehead atoms. The van der Waals surface area contributed by atoms with Crippen LogP contribution in [0.15, 0.2) is 76.0 Å². The number of hydrogen-bond acceptors (Lipinski definition) is 5. The van der Waals surface area contributed by atoms with Crippen molar-refractivity contribution in [3.63, 3.8) is 0 Å². The van der Waals surface area contributed by atoms with E-state index in [2.05, 4.69) is 21.2 Å². The Labute approximate surface area is 250 Å². The van der Waals surface area contributed by atoms with E-state index in [4.69, 9.17) is 21.1 Å². The van der Waals surface area contributed by atoms with Crippen LogP contribution in [-0.4, -0.2) is 46.6 Å². The standard InChI is InChI=1S/C30H28BrClN4O5/c1-18(19-4-9-22(40-2)10-5-19)33-28(37)27-26-17-34(29(38)20-6-13-24(31)25(32)16-20)14-15-35(26)30(39)36(27)21-7-11-23(41-3)12-8-21/h4-13,16,18H,14-15,17H2,1-3H3,(H,33,37). The Morgan fingerprint density at radius 1 is 0.951 bits per heavy atom. The van der Waals surface area contributed by atoms with Crippen LogP contribution in [0.3, 0.4) is 0 Å². The highest BCUT2D eigenvalue weighted by Gasteiger charge is 2.32. The molecule has 0 radical (unpaired) electrons. The zero-order chi connectivity index (χ0) is 29.3. The minimum absolute atomic E-state index is 0.0740. The number of carbonyl (C=O) groups excluding carboxylic acids is 2.